The first-order valence-electron chi connectivity index (χ1n) is 23.9. The first kappa shape index (κ1) is 65.7. The van der Waals surface area contributed by atoms with Crippen LogP contribution in [0, 0.1) is 6.92 Å². The predicted octanol–water partition coefficient (Wildman–Crippen LogP) is 18.2. The average molecular weight is 1420 g/mol. The number of anilines is 4. The molecule has 0 fully saturated rings. The smallest absolute Gasteiger partial charge is 0.423 e. The third-order valence-electron chi connectivity index (χ3n) is 11.4. The minimum absolute atomic E-state index is 0.257. The predicted molar refractivity (Wildman–Crippen MR) is 347 cm³/mol. The number of hydrogen-bond acceptors (Lipinski definition) is 11. The summed E-state index contributed by atoms with van der Waals surface area (Å²) in [7, 11) is -1.54. The van der Waals surface area contributed by atoms with Gasteiger partial charge in [0.05, 0.1) is 74.7 Å². The number of pyridine rings is 4. The third-order valence-corrected chi connectivity index (χ3v) is 15.5. The molecule has 0 saturated heterocycles. The number of aromatic nitrogens is 6. The van der Waals surface area contributed by atoms with Crippen molar-refractivity contribution in [2.24, 2.45) is 0 Å². The Bertz CT molecular complexity index is 3510. The topological polar surface area (TPSA) is 200 Å². The van der Waals surface area contributed by atoms with E-state index in [1.807, 2.05) is 37.4 Å². The molecular weight excluding hydrogens is 1370 g/mol. The summed E-state index contributed by atoms with van der Waals surface area (Å²) in [4.78, 5) is 21.3. The lowest BCUT2D eigenvalue weighted by molar-refractivity contribution is 0.426. The molecule has 4 aromatic carbocycles. The molecule has 5 heterocycles. The number of imidazole rings is 1. The van der Waals surface area contributed by atoms with Gasteiger partial charge in [0.1, 0.15) is 5.82 Å². The number of nitrogens with one attached hydrogen (secondary N) is 1. The van der Waals surface area contributed by atoms with E-state index in [2.05, 4.69) is 105 Å². The zero-order chi connectivity index (χ0) is 58.2. The quantitative estimate of drug-likeness (QED) is 0.0712. The molecule has 0 spiro atoms. The van der Waals surface area contributed by atoms with Crippen LogP contribution in [0.5, 0.6) is 0 Å². The van der Waals surface area contributed by atoms with Gasteiger partial charge in [0, 0.05) is 113 Å². The SMILES string of the molecule is CCCCC(C)Nc1cncc(-c2ccc(Cl)cc2Cl)c1N.Cc1nc2c(-c3ccc(Cl)cc3Cl)cncc2n1C(C)C.Nc1c(Br)cncc1-c1ccc(Cl)cc1Cl.Nc1c(Br)cncc1Br.OB(O)c1ccc(Cl)cc1Cl. The monoisotopic (exact) mass is 1410 g/mol. The van der Waals surface area contributed by atoms with Gasteiger partial charge in [0.2, 0.25) is 0 Å². The lowest BCUT2D eigenvalue weighted by Gasteiger charge is -2.18. The molecule has 0 bridgehead atoms. The first-order chi connectivity index (χ1) is 37.4. The Kier molecular flexibility index (Phi) is 26.1. The van der Waals surface area contributed by atoms with Crippen molar-refractivity contribution >= 4 is 187 Å². The molecule has 79 heavy (non-hydrogen) atoms. The van der Waals surface area contributed by atoms with Crippen LogP contribution in [0.4, 0.5) is 22.7 Å². The Morgan fingerprint density at radius 1 is 0.544 bits per heavy atom. The fourth-order valence-corrected chi connectivity index (χ4v) is 10.8. The van der Waals surface area contributed by atoms with E-state index in [1.165, 1.54) is 25.0 Å². The maximum atomic E-state index is 8.72. The van der Waals surface area contributed by atoms with Crippen molar-refractivity contribution in [3.8, 4) is 33.4 Å². The Morgan fingerprint density at radius 2 is 0.962 bits per heavy atom. The summed E-state index contributed by atoms with van der Waals surface area (Å²) >= 11 is 57.4. The summed E-state index contributed by atoms with van der Waals surface area (Å²) < 4.78 is 4.56. The zero-order valence-electron chi connectivity index (χ0n) is 42.9. The summed E-state index contributed by atoms with van der Waals surface area (Å²) in [5, 5.41) is 25.1. The van der Waals surface area contributed by atoms with Gasteiger partial charge in [-0.15, -0.1) is 0 Å². The summed E-state index contributed by atoms with van der Waals surface area (Å²) in [5.74, 6) is 0.972. The van der Waals surface area contributed by atoms with Crippen molar-refractivity contribution in [2.45, 2.75) is 66.0 Å². The van der Waals surface area contributed by atoms with E-state index in [0.717, 1.165) is 75.8 Å². The second-order valence-corrected chi connectivity index (χ2v) is 23.5. The van der Waals surface area contributed by atoms with Crippen molar-refractivity contribution in [1.29, 1.82) is 0 Å². The van der Waals surface area contributed by atoms with Gasteiger partial charge in [0.15, 0.2) is 0 Å². The van der Waals surface area contributed by atoms with Gasteiger partial charge in [-0.25, -0.2) is 4.98 Å². The Morgan fingerprint density at radius 3 is 1.42 bits per heavy atom. The molecule has 9 rings (SSSR count). The summed E-state index contributed by atoms with van der Waals surface area (Å²) in [5.41, 5.74) is 27.9. The maximum absolute atomic E-state index is 8.72. The molecule has 1 unspecified atom stereocenters. The van der Waals surface area contributed by atoms with Crippen molar-refractivity contribution in [2.75, 3.05) is 22.5 Å². The highest BCUT2D eigenvalue weighted by Crippen LogP contribution is 2.39. The van der Waals surface area contributed by atoms with Gasteiger partial charge in [-0.2, -0.15) is 0 Å². The van der Waals surface area contributed by atoms with Crippen molar-refractivity contribution in [3.63, 3.8) is 0 Å². The highest BCUT2D eigenvalue weighted by atomic mass is 79.9. The van der Waals surface area contributed by atoms with E-state index >= 15 is 0 Å². The molecule has 414 valence electrons. The van der Waals surface area contributed by atoms with Gasteiger partial charge in [0.25, 0.3) is 0 Å². The lowest BCUT2D eigenvalue weighted by Crippen LogP contribution is -2.30. The van der Waals surface area contributed by atoms with E-state index in [0.29, 0.717) is 64.3 Å². The van der Waals surface area contributed by atoms with E-state index in [-0.39, 0.29) is 10.5 Å². The second kappa shape index (κ2) is 31.4. The third kappa shape index (κ3) is 18.4. The molecule has 9 N–H and O–H groups in total. The molecule has 9 aromatic rings. The van der Waals surface area contributed by atoms with Gasteiger partial charge in [-0.3, -0.25) is 19.9 Å². The van der Waals surface area contributed by atoms with Gasteiger partial charge in [-0.1, -0.05) is 137 Å². The minimum Gasteiger partial charge on any atom is -0.423 e. The molecular formula is C55H52BBr3Cl8N10O2. The number of unbranched alkanes of at least 4 members (excludes halogenated alkanes) is 1. The normalized spacial score (nSPS) is 11.0. The number of nitrogens with zero attached hydrogens (tertiary/aromatic N) is 6. The molecule has 0 amide bonds. The molecule has 0 aliphatic carbocycles. The molecule has 5 aromatic heterocycles. The molecule has 12 nitrogen and oxygen atoms in total. The number of benzene rings is 4. The summed E-state index contributed by atoms with van der Waals surface area (Å²) in [6.45, 7) is 10.6. The fourth-order valence-electron chi connectivity index (χ4n) is 7.54. The molecule has 0 radical (unpaired) electrons. The largest absolute Gasteiger partial charge is 0.489 e. The molecule has 1 atom stereocenters. The van der Waals surface area contributed by atoms with E-state index in [1.54, 1.807) is 79.8 Å². The maximum Gasteiger partial charge on any atom is 0.489 e. The van der Waals surface area contributed by atoms with Crippen LogP contribution in [0.15, 0.2) is 136 Å². The van der Waals surface area contributed by atoms with Crippen molar-refractivity contribution < 1.29 is 10.0 Å². The number of fused-ring (bicyclic) bond motifs is 1. The van der Waals surface area contributed by atoms with Crippen LogP contribution in [0.1, 0.15) is 58.8 Å². The number of halogens is 11. The number of rotatable bonds is 10. The standard InChI is InChI=1S/C17H21Cl2N3.C16H15Cl2N3.C11H7BrCl2N2.C6H5BCl2O2.C5H4Br2N2/c1-3-4-5-11(2)22-16-10-21-9-14(17(16)20)13-7-6-12(18)8-15(13)19;1-9(2)21-10(3)20-16-13(7-19-8-15(16)21)12-5-4-11(17)6-14(12)18;12-9-5-16-4-8(11(9)15)7-2-1-6(13)3-10(7)14;8-4-1-2-5(7(10)11)6(9)3-4;6-3-1-9-2-4(7)5(3)8/h6-11,22H,3-5H2,1-2H3,(H2,20,21);4-9H,1-3H3;1-5H,(H2,15,16);1-3,10-11H;1-2H,(H2,8,9). The van der Waals surface area contributed by atoms with Gasteiger partial charge < -0.3 is 37.1 Å². The Labute approximate surface area is 525 Å². The van der Waals surface area contributed by atoms with Crippen LogP contribution < -0.4 is 28.0 Å². The molecule has 24 heteroatoms. The minimum atomic E-state index is -1.54. The van der Waals surface area contributed by atoms with Crippen molar-refractivity contribution in [3.05, 3.63) is 182 Å². The molecule has 0 saturated carbocycles. The fraction of sp³-hybridized carbons (Fsp3) is 0.182. The zero-order valence-corrected chi connectivity index (χ0v) is 53.7. The summed E-state index contributed by atoms with van der Waals surface area (Å²) in [6.07, 6.45) is 17.2. The molecule has 0 aliphatic heterocycles. The van der Waals surface area contributed by atoms with Crippen LogP contribution in [0.2, 0.25) is 40.2 Å². The van der Waals surface area contributed by atoms with Crippen LogP contribution in [-0.4, -0.2) is 52.7 Å². The van der Waals surface area contributed by atoms with E-state index in [9.17, 15) is 0 Å². The van der Waals surface area contributed by atoms with Crippen LogP contribution in [0.25, 0.3) is 44.4 Å². The number of hydrogen-bond donors (Lipinski definition) is 6. The summed E-state index contributed by atoms with van der Waals surface area (Å²) in [6, 6.07) is 21.3. The second-order valence-electron chi connectivity index (χ2n) is 17.5. The van der Waals surface area contributed by atoms with Crippen molar-refractivity contribution in [1.82, 2.24) is 29.5 Å². The number of nitrogens with two attached hydrogens (primary N) is 3. The van der Waals surface area contributed by atoms with Crippen LogP contribution in [-0.2, 0) is 0 Å². The Balaban J connectivity index is 0.000000188. The number of aryl methyl sites for hydroxylation is 1. The van der Waals surface area contributed by atoms with Gasteiger partial charge in [-0.05, 0) is 130 Å². The highest BCUT2D eigenvalue weighted by Gasteiger charge is 2.18. The Hall–Kier alpha value is -4.11. The van der Waals surface area contributed by atoms with E-state index < -0.39 is 7.12 Å². The van der Waals surface area contributed by atoms with Gasteiger partial charge >= 0.3 is 7.12 Å². The average Bonchev–Trinajstić information content (AvgIpc) is 3.82. The lowest BCUT2D eigenvalue weighted by atomic mass is 9.80. The van der Waals surface area contributed by atoms with Crippen LogP contribution >= 0.6 is 141 Å². The number of nitrogen functional groups attached to an aromatic ring is 3. The highest BCUT2D eigenvalue weighted by molar-refractivity contribution is 9.11. The van der Waals surface area contributed by atoms with Crippen LogP contribution in [0.3, 0.4) is 0 Å². The first-order valence-corrected chi connectivity index (χ1v) is 29.3. The van der Waals surface area contributed by atoms with E-state index in [4.69, 9.17) is 125 Å². The molecule has 0 aliphatic rings.